The number of rotatable bonds is 5. The first-order valence-corrected chi connectivity index (χ1v) is 8.64. The number of aryl methyl sites for hydroxylation is 1. The Balaban J connectivity index is 1.56. The van der Waals surface area contributed by atoms with E-state index >= 15 is 0 Å². The van der Waals surface area contributed by atoms with E-state index in [2.05, 4.69) is 26.3 Å². The van der Waals surface area contributed by atoms with E-state index in [1.807, 2.05) is 43.6 Å². The Kier molecular flexibility index (Phi) is 4.39. The minimum Gasteiger partial charge on any atom is -0.497 e. The van der Waals surface area contributed by atoms with Gasteiger partial charge in [-0.2, -0.15) is 4.98 Å². The fourth-order valence-electron chi connectivity index (χ4n) is 3.16. The molecule has 1 N–H and O–H groups in total. The van der Waals surface area contributed by atoms with Crippen LogP contribution in [0, 0.1) is 6.92 Å². The van der Waals surface area contributed by atoms with Crippen LogP contribution in [0.2, 0.25) is 0 Å². The molecule has 1 aromatic carbocycles. The van der Waals surface area contributed by atoms with E-state index < -0.39 is 0 Å². The zero-order chi connectivity index (χ0) is 17.9. The van der Waals surface area contributed by atoms with Gasteiger partial charge in [0.05, 0.1) is 7.11 Å². The lowest BCUT2D eigenvalue weighted by Crippen LogP contribution is -2.20. The van der Waals surface area contributed by atoms with Crippen LogP contribution in [0.1, 0.15) is 16.7 Å². The molecule has 26 heavy (non-hydrogen) atoms. The van der Waals surface area contributed by atoms with E-state index in [0.717, 1.165) is 42.3 Å². The minimum atomic E-state index is 0.607. The largest absolute Gasteiger partial charge is 0.497 e. The Morgan fingerprint density at radius 3 is 2.92 bits per heavy atom. The Morgan fingerprint density at radius 2 is 2.15 bits per heavy atom. The molecule has 3 heterocycles. The lowest BCUT2D eigenvalue weighted by molar-refractivity contribution is 0.414. The molecule has 0 saturated heterocycles. The molecule has 0 bridgehead atoms. The minimum absolute atomic E-state index is 0.607. The van der Waals surface area contributed by atoms with E-state index in [-0.39, 0.29) is 0 Å². The highest BCUT2D eigenvalue weighted by Gasteiger charge is 2.22. The second kappa shape index (κ2) is 7.00. The number of methoxy groups -OCH3 is 1. The average Bonchev–Trinajstić information content (AvgIpc) is 3.06. The second-order valence-corrected chi connectivity index (χ2v) is 6.38. The van der Waals surface area contributed by atoms with Crippen molar-refractivity contribution in [3.05, 3.63) is 65.6 Å². The molecule has 0 fully saturated rings. The van der Waals surface area contributed by atoms with Gasteiger partial charge in [-0.1, -0.05) is 6.07 Å². The Bertz CT molecular complexity index is 913. The molecule has 6 nitrogen and oxygen atoms in total. The van der Waals surface area contributed by atoms with Gasteiger partial charge in [0.2, 0.25) is 5.95 Å². The number of ether oxygens (including phenoxy) is 1. The molecule has 6 heteroatoms. The van der Waals surface area contributed by atoms with E-state index in [1.54, 1.807) is 13.3 Å². The first-order chi connectivity index (χ1) is 12.7. The first kappa shape index (κ1) is 16.3. The van der Waals surface area contributed by atoms with Crippen molar-refractivity contribution in [2.45, 2.75) is 19.9 Å². The van der Waals surface area contributed by atoms with Gasteiger partial charge in [0.15, 0.2) is 0 Å². The molecule has 0 saturated carbocycles. The van der Waals surface area contributed by atoms with Crippen molar-refractivity contribution in [1.82, 2.24) is 15.0 Å². The van der Waals surface area contributed by atoms with Crippen molar-refractivity contribution in [3.63, 3.8) is 0 Å². The smallest absolute Gasteiger partial charge is 0.229 e. The van der Waals surface area contributed by atoms with Gasteiger partial charge in [-0.15, -0.1) is 0 Å². The molecule has 0 spiro atoms. The van der Waals surface area contributed by atoms with Gasteiger partial charge in [0.1, 0.15) is 11.6 Å². The van der Waals surface area contributed by atoms with E-state index in [0.29, 0.717) is 5.95 Å². The lowest BCUT2D eigenvalue weighted by atomic mass is 10.2. The van der Waals surface area contributed by atoms with Gasteiger partial charge in [-0.3, -0.25) is 4.98 Å². The van der Waals surface area contributed by atoms with Crippen molar-refractivity contribution < 1.29 is 4.74 Å². The number of anilines is 3. The predicted molar refractivity (Wildman–Crippen MR) is 102 cm³/mol. The lowest BCUT2D eigenvalue weighted by Gasteiger charge is -2.18. The summed E-state index contributed by atoms with van der Waals surface area (Å²) in [5.41, 5.74) is 4.42. The predicted octanol–water partition coefficient (Wildman–Crippen LogP) is 3.49. The summed E-state index contributed by atoms with van der Waals surface area (Å²) in [5.74, 6) is 2.44. The fraction of sp³-hybridized carbons (Fsp3) is 0.250. The summed E-state index contributed by atoms with van der Waals surface area (Å²) in [4.78, 5) is 15.7. The van der Waals surface area contributed by atoms with Crippen LogP contribution in [0.25, 0.3) is 0 Å². The average molecular weight is 347 g/mol. The molecule has 3 aromatic rings. The van der Waals surface area contributed by atoms with Crippen LogP contribution >= 0.6 is 0 Å². The molecule has 0 unspecified atom stereocenters. The zero-order valence-corrected chi connectivity index (χ0v) is 14.9. The SMILES string of the molecule is COc1ccc(Nc2ncc3c(n2)N(Cc2cccnc2)CC3)c(C)c1. The number of hydrogen-bond acceptors (Lipinski definition) is 6. The number of benzene rings is 1. The van der Waals surface area contributed by atoms with Crippen molar-refractivity contribution in [1.29, 1.82) is 0 Å². The van der Waals surface area contributed by atoms with E-state index in [4.69, 9.17) is 9.72 Å². The Morgan fingerprint density at radius 1 is 1.23 bits per heavy atom. The molecule has 2 aromatic heterocycles. The van der Waals surface area contributed by atoms with E-state index in [1.165, 1.54) is 11.1 Å². The van der Waals surface area contributed by atoms with Gasteiger partial charge < -0.3 is 15.0 Å². The van der Waals surface area contributed by atoms with Crippen LogP contribution in [-0.2, 0) is 13.0 Å². The summed E-state index contributed by atoms with van der Waals surface area (Å²) in [6.45, 7) is 3.79. The number of hydrogen-bond donors (Lipinski definition) is 1. The van der Waals surface area contributed by atoms with Gasteiger partial charge >= 0.3 is 0 Å². The molecule has 0 amide bonds. The van der Waals surface area contributed by atoms with Crippen molar-refractivity contribution in [2.75, 3.05) is 23.9 Å². The molecule has 1 aliphatic rings. The normalized spacial score (nSPS) is 12.8. The molecule has 0 radical (unpaired) electrons. The third-order valence-electron chi connectivity index (χ3n) is 4.57. The van der Waals surface area contributed by atoms with Gasteiger partial charge in [-0.25, -0.2) is 4.98 Å². The first-order valence-electron chi connectivity index (χ1n) is 8.64. The molecule has 4 rings (SSSR count). The number of nitrogens with zero attached hydrogens (tertiary/aromatic N) is 4. The molecule has 132 valence electrons. The fourth-order valence-corrected chi connectivity index (χ4v) is 3.16. The summed E-state index contributed by atoms with van der Waals surface area (Å²) >= 11 is 0. The van der Waals surface area contributed by atoms with Crippen LogP contribution in [0.15, 0.2) is 48.9 Å². The molecular formula is C20H21N5O. The second-order valence-electron chi connectivity index (χ2n) is 6.38. The maximum atomic E-state index is 5.26. The third-order valence-corrected chi connectivity index (χ3v) is 4.57. The maximum Gasteiger partial charge on any atom is 0.229 e. The summed E-state index contributed by atoms with van der Waals surface area (Å²) in [6.07, 6.45) is 6.59. The van der Waals surface area contributed by atoms with Gasteiger partial charge in [0.25, 0.3) is 0 Å². The third kappa shape index (κ3) is 3.31. The molecule has 0 aliphatic carbocycles. The highest BCUT2D eigenvalue weighted by atomic mass is 16.5. The van der Waals surface area contributed by atoms with Crippen molar-refractivity contribution >= 4 is 17.5 Å². The van der Waals surface area contributed by atoms with Crippen LogP contribution in [0.4, 0.5) is 17.5 Å². The summed E-state index contributed by atoms with van der Waals surface area (Å²) in [5, 5.41) is 3.32. The monoisotopic (exact) mass is 347 g/mol. The molecule has 0 atom stereocenters. The number of fused-ring (bicyclic) bond motifs is 1. The summed E-state index contributed by atoms with van der Waals surface area (Å²) in [6, 6.07) is 9.96. The number of aromatic nitrogens is 3. The Hall–Kier alpha value is -3.15. The summed E-state index contributed by atoms with van der Waals surface area (Å²) in [7, 11) is 1.67. The number of nitrogens with one attached hydrogen (secondary N) is 1. The van der Waals surface area contributed by atoms with Crippen molar-refractivity contribution in [3.8, 4) is 5.75 Å². The zero-order valence-electron chi connectivity index (χ0n) is 14.9. The van der Waals surface area contributed by atoms with Crippen LogP contribution < -0.4 is 15.0 Å². The quantitative estimate of drug-likeness (QED) is 0.762. The highest BCUT2D eigenvalue weighted by Crippen LogP contribution is 2.29. The van der Waals surface area contributed by atoms with Crippen molar-refractivity contribution in [2.24, 2.45) is 0 Å². The standard InChI is InChI=1S/C20H21N5O/c1-14-10-17(26-2)5-6-18(14)23-20-22-12-16-7-9-25(19(16)24-20)13-15-4-3-8-21-11-15/h3-6,8,10-12H,7,9,13H2,1-2H3,(H,22,23,24). The van der Waals surface area contributed by atoms with Crippen LogP contribution in [0.3, 0.4) is 0 Å². The molecule has 1 aliphatic heterocycles. The van der Waals surface area contributed by atoms with Gasteiger partial charge in [-0.05, 0) is 48.7 Å². The van der Waals surface area contributed by atoms with Crippen LogP contribution in [-0.4, -0.2) is 28.6 Å². The van der Waals surface area contributed by atoms with Crippen LogP contribution in [0.5, 0.6) is 5.75 Å². The Labute approximate surface area is 152 Å². The summed E-state index contributed by atoms with van der Waals surface area (Å²) < 4.78 is 5.26. The molecular weight excluding hydrogens is 326 g/mol. The topological polar surface area (TPSA) is 63.2 Å². The van der Waals surface area contributed by atoms with Gasteiger partial charge in [0, 0.05) is 42.9 Å². The number of pyridine rings is 1. The maximum absolute atomic E-state index is 5.26. The highest BCUT2D eigenvalue weighted by molar-refractivity contribution is 5.62. The van der Waals surface area contributed by atoms with E-state index in [9.17, 15) is 0 Å².